The van der Waals surface area contributed by atoms with Gasteiger partial charge < -0.3 is 0 Å². The normalized spacial score (nSPS) is 14.4. The van der Waals surface area contributed by atoms with Crippen molar-refractivity contribution < 1.29 is 0 Å². The maximum absolute atomic E-state index is 2.39. The van der Waals surface area contributed by atoms with E-state index in [0.29, 0.717) is 0 Å². The van der Waals surface area contributed by atoms with Crippen molar-refractivity contribution in [1.82, 2.24) is 0 Å². The van der Waals surface area contributed by atoms with E-state index in [-0.39, 0.29) is 0 Å². The Balaban J connectivity index is 2.03. The Morgan fingerprint density at radius 3 is 2.45 bits per heavy atom. The molecule has 0 bridgehead atoms. The van der Waals surface area contributed by atoms with Crippen molar-refractivity contribution in [3.05, 3.63) is 65.7 Å². The number of rotatable bonds is 0. The largest absolute Gasteiger partial charge is 0.0836 e. The molecule has 94 valence electrons. The summed E-state index contributed by atoms with van der Waals surface area (Å²) in [4.78, 5) is 0. The summed E-state index contributed by atoms with van der Waals surface area (Å²) in [5.41, 5.74) is 8.54. The van der Waals surface area contributed by atoms with E-state index in [9.17, 15) is 0 Å². The first-order chi connectivity index (χ1) is 9.93. The summed E-state index contributed by atoms with van der Waals surface area (Å²) < 4.78 is 0. The summed E-state index contributed by atoms with van der Waals surface area (Å²) >= 11 is 0. The van der Waals surface area contributed by atoms with E-state index < -0.39 is 0 Å². The van der Waals surface area contributed by atoms with Crippen molar-refractivity contribution in [2.75, 3.05) is 0 Å². The Bertz CT molecular complexity index is 897. The van der Waals surface area contributed by atoms with Crippen LogP contribution in [0.25, 0.3) is 39.1 Å². The fourth-order valence-corrected chi connectivity index (χ4v) is 3.82. The molecule has 0 nitrogen and oxygen atoms in total. The highest BCUT2D eigenvalue weighted by Crippen LogP contribution is 2.49. The highest BCUT2D eigenvalue weighted by Gasteiger charge is 2.23. The third-order valence-electron chi connectivity index (χ3n) is 4.67. The summed E-state index contributed by atoms with van der Waals surface area (Å²) in [6.07, 6.45) is 6.93. The Labute approximate surface area is 118 Å². The number of aryl methyl sites for hydroxylation is 1. The van der Waals surface area contributed by atoms with Crippen LogP contribution in [-0.2, 0) is 6.42 Å². The molecule has 0 aromatic heterocycles. The Hall–Kier alpha value is -2.34. The van der Waals surface area contributed by atoms with E-state index in [0.717, 1.165) is 0 Å². The van der Waals surface area contributed by atoms with Crippen LogP contribution in [-0.4, -0.2) is 0 Å². The second-order valence-corrected chi connectivity index (χ2v) is 5.71. The molecule has 2 aliphatic rings. The first kappa shape index (κ1) is 10.4. The van der Waals surface area contributed by atoms with E-state index >= 15 is 0 Å². The van der Waals surface area contributed by atoms with Crippen LogP contribution in [0.4, 0.5) is 0 Å². The number of hydrogen-bond acceptors (Lipinski definition) is 0. The van der Waals surface area contributed by atoms with Gasteiger partial charge in [-0.05, 0) is 63.1 Å². The van der Waals surface area contributed by atoms with Gasteiger partial charge in [0.2, 0.25) is 0 Å². The maximum atomic E-state index is 2.39. The van der Waals surface area contributed by atoms with Crippen LogP contribution in [0, 0.1) is 0 Å². The van der Waals surface area contributed by atoms with E-state index in [1.807, 2.05) is 0 Å². The lowest BCUT2D eigenvalue weighted by molar-refractivity contribution is 0.998. The Morgan fingerprint density at radius 2 is 1.55 bits per heavy atom. The fourth-order valence-electron chi connectivity index (χ4n) is 3.82. The van der Waals surface area contributed by atoms with Gasteiger partial charge in [0.05, 0.1) is 0 Å². The van der Waals surface area contributed by atoms with E-state index in [2.05, 4.69) is 60.7 Å². The molecule has 3 aromatic carbocycles. The molecule has 0 amide bonds. The van der Waals surface area contributed by atoms with Gasteiger partial charge in [-0.3, -0.25) is 0 Å². The standard InChI is InChI=1S/C20H14/c1-2-7-14-13(6-1)12-19-16-9-4-3-8-15(16)18-11-5-10-17(14)20(18)19/h1,3-6,8-12H,2,7H2. The van der Waals surface area contributed by atoms with E-state index in [1.54, 1.807) is 0 Å². The van der Waals surface area contributed by atoms with Gasteiger partial charge in [0.25, 0.3) is 0 Å². The monoisotopic (exact) mass is 254 g/mol. The molecule has 0 N–H and O–H groups in total. The zero-order valence-electron chi connectivity index (χ0n) is 11.2. The van der Waals surface area contributed by atoms with Gasteiger partial charge in [-0.15, -0.1) is 0 Å². The third kappa shape index (κ3) is 1.17. The molecule has 0 heteroatoms. The number of allylic oxidation sites excluding steroid dienone is 1. The van der Waals surface area contributed by atoms with Crippen molar-refractivity contribution in [1.29, 1.82) is 0 Å². The van der Waals surface area contributed by atoms with Crippen LogP contribution >= 0.6 is 0 Å². The quantitative estimate of drug-likeness (QED) is 0.391. The predicted molar refractivity (Wildman–Crippen MR) is 85.7 cm³/mol. The van der Waals surface area contributed by atoms with Gasteiger partial charge in [-0.25, -0.2) is 0 Å². The van der Waals surface area contributed by atoms with Gasteiger partial charge >= 0.3 is 0 Å². The highest BCUT2D eigenvalue weighted by atomic mass is 14.3. The minimum Gasteiger partial charge on any atom is -0.0836 e. The molecular weight excluding hydrogens is 240 g/mol. The number of hydrogen-bond donors (Lipinski definition) is 0. The maximum Gasteiger partial charge on any atom is -0.00232 e. The van der Waals surface area contributed by atoms with Crippen molar-refractivity contribution >= 4 is 16.8 Å². The lowest BCUT2D eigenvalue weighted by atomic mass is 9.89. The minimum absolute atomic E-state index is 1.17. The summed E-state index contributed by atoms with van der Waals surface area (Å²) in [5.74, 6) is 0. The minimum atomic E-state index is 1.17. The van der Waals surface area contributed by atoms with Crippen LogP contribution < -0.4 is 0 Å². The van der Waals surface area contributed by atoms with E-state index in [1.165, 1.54) is 57.0 Å². The molecule has 0 saturated carbocycles. The van der Waals surface area contributed by atoms with Crippen LogP contribution in [0.15, 0.2) is 54.6 Å². The molecule has 2 aliphatic carbocycles. The molecule has 0 atom stereocenters. The zero-order chi connectivity index (χ0) is 13.1. The average molecular weight is 254 g/mol. The van der Waals surface area contributed by atoms with E-state index in [4.69, 9.17) is 0 Å². The van der Waals surface area contributed by atoms with Crippen molar-refractivity contribution in [2.45, 2.75) is 12.8 Å². The summed E-state index contributed by atoms with van der Waals surface area (Å²) in [6, 6.07) is 18.0. The SMILES string of the molecule is C1=Cc2cc3c4c(cccc4c2CC1)-c1ccccc1-3. The van der Waals surface area contributed by atoms with Crippen LogP contribution in [0.5, 0.6) is 0 Å². The average Bonchev–Trinajstić information content (AvgIpc) is 2.84. The first-order valence-electron chi connectivity index (χ1n) is 7.28. The lowest BCUT2D eigenvalue weighted by Crippen LogP contribution is -1.96. The van der Waals surface area contributed by atoms with Crippen LogP contribution in [0.2, 0.25) is 0 Å². The first-order valence-corrected chi connectivity index (χ1v) is 7.28. The molecule has 20 heavy (non-hydrogen) atoms. The van der Waals surface area contributed by atoms with Crippen molar-refractivity contribution in [3.8, 4) is 22.3 Å². The third-order valence-corrected chi connectivity index (χ3v) is 4.67. The van der Waals surface area contributed by atoms with Crippen LogP contribution in [0.1, 0.15) is 17.5 Å². The molecule has 5 rings (SSSR count). The molecule has 0 unspecified atom stereocenters. The summed E-state index contributed by atoms with van der Waals surface area (Å²) in [5, 5.41) is 2.92. The van der Waals surface area contributed by atoms with Gasteiger partial charge in [0, 0.05) is 0 Å². The van der Waals surface area contributed by atoms with Gasteiger partial charge in [0.1, 0.15) is 0 Å². The van der Waals surface area contributed by atoms with Gasteiger partial charge in [-0.2, -0.15) is 0 Å². The zero-order valence-corrected chi connectivity index (χ0v) is 11.2. The number of benzene rings is 3. The number of fused-ring (bicyclic) bond motifs is 5. The van der Waals surface area contributed by atoms with Crippen molar-refractivity contribution in [2.24, 2.45) is 0 Å². The molecule has 3 aromatic rings. The Kier molecular flexibility index (Phi) is 1.88. The molecule has 0 aliphatic heterocycles. The fraction of sp³-hybridized carbons (Fsp3) is 0.100. The highest BCUT2D eigenvalue weighted by molar-refractivity contribution is 6.16. The van der Waals surface area contributed by atoms with Gasteiger partial charge in [-0.1, -0.05) is 54.6 Å². The molecule has 0 fully saturated rings. The van der Waals surface area contributed by atoms with Crippen LogP contribution in [0.3, 0.4) is 0 Å². The molecular formula is C20H14. The smallest absolute Gasteiger partial charge is 0.00232 e. The second-order valence-electron chi connectivity index (χ2n) is 5.71. The molecule has 0 spiro atoms. The summed E-state index contributed by atoms with van der Waals surface area (Å²) in [7, 11) is 0. The second kappa shape index (κ2) is 3.61. The Morgan fingerprint density at radius 1 is 0.750 bits per heavy atom. The summed E-state index contributed by atoms with van der Waals surface area (Å²) in [6.45, 7) is 0. The van der Waals surface area contributed by atoms with Gasteiger partial charge in [0.15, 0.2) is 0 Å². The molecule has 0 heterocycles. The topological polar surface area (TPSA) is 0 Å². The van der Waals surface area contributed by atoms with Crippen molar-refractivity contribution in [3.63, 3.8) is 0 Å². The molecule has 0 radical (unpaired) electrons. The lowest BCUT2D eigenvalue weighted by Gasteiger charge is -2.15. The molecule has 0 saturated heterocycles. The predicted octanol–water partition coefficient (Wildman–Crippen LogP) is 5.45.